The molecule has 0 aromatic carbocycles. The van der Waals surface area contributed by atoms with Gasteiger partial charge in [-0.3, -0.25) is 4.99 Å². The summed E-state index contributed by atoms with van der Waals surface area (Å²) in [5.74, 6) is 1.98. The number of guanidine groups is 1. The Labute approximate surface area is 168 Å². The molecule has 1 N–H and O–H groups in total. The van der Waals surface area contributed by atoms with Crippen LogP contribution < -0.4 is 5.32 Å². The molecule has 3 heterocycles. The molecule has 3 rings (SSSR count). The molecule has 158 valence electrons. The fourth-order valence-electron chi connectivity index (χ4n) is 3.68. The molecule has 0 radical (unpaired) electrons. The molecule has 0 amide bonds. The zero-order valence-electron chi connectivity index (χ0n) is 17.1. The minimum absolute atomic E-state index is 0.267. The SMILES string of the molecule is COCCCOC1CCN(C(=NCC2CCCO2)NCCc2ccco2)CC1. The fourth-order valence-corrected chi connectivity index (χ4v) is 3.68. The first-order valence-corrected chi connectivity index (χ1v) is 10.6. The van der Waals surface area contributed by atoms with Gasteiger partial charge in [0, 0.05) is 53.0 Å². The fraction of sp³-hybridized carbons (Fsp3) is 0.762. The number of hydrogen-bond acceptors (Lipinski definition) is 5. The summed E-state index contributed by atoms with van der Waals surface area (Å²) in [6.45, 7) is 5.88. The molecule has 2 fully saturated rings. The van der Waals surface area contributed by atoms with Gasteiger partial charge in [-0.1, -0.05) is 0 Å². The van der Waals surface area contributed by atoms with E-state index in [0.717, 1.165) is 96.2 Å². The third kappa shape index (κ3) is 7.11. The van der Waals surface area contributed by atoms with Crippen LogP contribution in [0.3, 0.4) is 0 Å². The Morgan fingerprint density at radius 2 is 2.18 bits per heavy atom. The number of piperidine rings is 1. The standard InChI is InChI=1S/C21H35N3O4/c1-25-13-4-16-27-19-8-11-24(12-9-19)21(23-17-20-6-3-15-28-20)22-10-7-18-5-2-14-26-18/h2,5,14,19-20H,3-4,6-13,15-17H2,1H3,(H,22,23). The Morgan fingerprint density at radius 1 is 1.29 bits per heavy atom. The molecule has 1 aromatic heterocycles. The van der Waals surface area contributed by atoms with Crippen molar-refractivity contribution in [3.63, 3.8) is 0 Å². The van der Waals surface area contributed by atoms with Crippen molar-refractivity contribution in [1.29, 1.82) is 0 Å². The molecule has 0 bridgehead atoms. The highest BCUT2D eigenvalue weighted by Gasteiger charge is 2.23. The predicted octanol–water partition coefficient (Wildman–Crippen LogP) is 2.46. The highest BCUT2D eigenvalue weighted by molar-refractivity contribution is 5.80. The quantitative estimate of drug-likeness (QED) is 0.374. The number of nitrogens with one attached hydrogen (secondary N) is 1. The van der Waals surface area contributed by atoms with Gasteiger partial charge in [0.1, 0.15) is 5.76 Å². The van der Waals surface area contributed by atoms with Crippen LogP contribution in [-0.2, 0) is 20.6 Å². The molecule has 1 atom stereocenters. The predicted molar refractivity (Wildman–Crippen MR) is 109 cm³/mol. The number of likely N-dealkylation sites (tertiary alicyclic amines) is 1. The summed E-state index contributed by atoms with van der Waals surface area (Å²) in [6.07, 6.45) is 8.47. The molecule has 28 heavy (non-hydrogen) atoms. The lowest BCUT2D eigenvalue weighted by Gasteiger charge is -2.34. The number of aliphatic imine (C=N–C) groups is 1. The van der Waals surface area contributed by atoms with Crippen molar-refractivity contribution >= 4 is 5.96 Å². The van der Waals surface area contributed by atoms with Crippen molar-refractivity contribution in [3.05, 3.63) is 24.2 Å². The van der Waals surface area contributed by atoms with Gasteiger partial charge < -0.3 is 28.8 Å². The molecule has 2 aliphatic heterocycles. The van der Waals surface area contributed by atoms with Crippen LogP contribution >= 0.6 is 0 Å². The van der Waals surface area contributed by atoms with Crippen LogP contribution in [0.1, 0.15) is 37.9 Å². The maximum Gasteiger partial charge on any atom is 0.194 e. The summed E-state index contributed by atoms with van der Waals surface area (Å²) in [6, 6.07) is 3.94. The lowest BCUT2D eigenvalue weighted by Crippen LogP contribution is -2.47. The number of nitrogens with zero attached hydrogens (tertiary/aromatic N) is 2. The maximum absolute atomic E-state index is 5.99. The van der Waals surface area contributed by atoms with Crippen LogP contribution in [0.5, 0.6) is 0 Å². The zero-order valence-corrected chi connectivity index (χ0v) is 17.1. The third-order valence-electron chi connectivity index (χ3n) is 5.29. The Kier molecular flexibility index (Phi) is 9.13. The van der Waals surface area contributed by atoms with E-state index in [1.807, 2.05) is 12.1 Å². The molecule has 0 saturated carbocycles. The molecule has 2 saturated heterocycles. The van der Waals surface area contributed by atoms with E-state index < -0.39 is 0 Å². The summed E-state index contributed by atoms with van der Waals surface area (Å²) in [5, 5.41) is 3.53. The van der Waals surface area contributed by atoms with Crippen molar-refractivity contribution in [3.8, 4) is 0 Å². The molecule has 1 aromatic rings. The maximum atomic E-state index is 5.99. The van der Waals surface area contributed by atoms with Gasteiger partial charge in [0.15, 0.2) is 5.96 Å². The van der Waals surface area contributed by atoms with Crippen LogP contribution in [0.15, 0.2) is 27.8 Å². The summed E-state index contributed by atoms with van der Waals surface area (Å²) < 4.78 is 22.2. The second-order valence-corrected chi connectivity index (χ2v) is 7.46. The van der Waals surface area contributed by atoms with E-state index in [1.54, 1.807) is 13.4 Å². The molecule has 7 heteroatoms. The van der Waals surface area contributed by atoms with Crippen molar-refractivity contribution in [2.75, 3.05) is 53.1 Å². The van der Waals surface area contributed by atoms with Crippen LogP contribution in [0, 0.1) is 0 Å². The third-order valence-corrected chi connectivity index (χ3v) is 5.29. The smallest absolute Gasteiger partial charge is 0.194 e. The summed E-state index contributed by atoms with van der Waals surface area (Å²) in [7, 11) is 1.73. The number of hydrogen-bond donors (Lipinski definition) is 1. The Morgan fingerprint density at radius 3 is 2.89 bits per heavy atom. The van der Waals surface area contributed by atoms with Crippen molar-refractivity contribution in [2.45, 2.75) is 50.7 Å². The minimum Gasteiger partial charge on any atom is -0.469 e. The molecule has 1 unspecified atom stereocenters. The first-order chi connectivity index (χ1) is 13.8. The lowest BCUT2D eigenvalue weighted by molar-refractivity contribution is 0.00984. The molecular weight excluding hydrogens is 358 g/mol. The normalized spacial score (nSPS) is 21.4. The summed E-state index contributed by atoms with van der Waals surface area (Å²) in [5.41, 5.74) is 0. The van der Waals surface area contributed by atoms with E-state index in [4.69, 9.17) is 23.6 Å². The number of ether oxygens (including phenoxy) is 3. The molecule has 2 aliphatic rings. The van der Waals surface area contributed by atoms with Crippen LogP contribution in [-0.4, -0.2) is 76.2 Å². The first kappa shape index (κ1) is 21.1. The van der Waals surface area contributed by atoms with E-state index >= 15 is 0 Å². The highest BCUT2D eigenvalue weighted by Crippen LogP contribution is 2.16. The van der Waals surface area contributed by atoms with Crippen molar-refractivity contribution in [2.24, 2.45) is 4.99 Å². The highest BCUT2D eigenvalue weighted by atomic mass is 16.5. The van der Waals surface area contributed by atoms with Crippen LogP contribution in [0.4, 0.5) is 0 Å². The lowest BCUT2D eigenvalue weighted by atomic mass is 10.1. The van der Waals surface area contributed by atoms with Gasteiger partial charge in [0.2, 0.25) is 0 Å². The molecule has 0 aliphatic carbocycles. The molecule has 7 nitrogen and oxygen atoms in total. The van der Waals surface area contributed by atoms with E-state index in [-0.39, 0.29) is 6.10 Å². The van der Waals surface area contributed by atoms with Gasteiger partial charge in [-0.05, 0) is 44.2 Å². The van der Waals surface area contributed by atoms with Crippen LogP contribution in [0.25, 0.3) is 0 Å². The van der Waals surface area contributed by atoms with Gasteiger partial charge >= 0.3 is 0 Å². The van der Waals surface area contributed by atoms with Gasteiger partial charge in [-0.15, -0.1) is 0 Å². The van der Waals surface area contributed by atoms with Gasteiger partial charge in [-0.2, -0.15) is 0 Å². The number of methoxy groups -OCH3 is 1. The zero-order chi connectivity index (χ0) is 19.4. The largest absolute Gasteiger partial charge is 0.469 e. The summed E-state index contributed by atoms with van der Waals surface area (Å²) in [4.78, 5) is 7.23. The van der Waals surface area contributed by atoms with E-state index in [0.29, 0.717) is 6.10 Å². The Balaban J connectivity index is 1.46. The van der Waals surface area contributed by atoms with E-state index in [9.17, 15) is 0 Å². The van der Waals surface area contributed by atoms with E-state index in [1.165, 1.54) is 0 Å². The average Bonchev–Trinajstić information content (AvgIpc) is 3.43. The second-order valence-electron chi connectivity index (χ2n) is 7.46. The second kappa shape index (κ2) is 12.1. The van der Waals surface area contributed by atoms with Gasteiger partial charge in [-0.25, -0.2) is 0 Å². The monoisotopic (exact) mass is 393 g/mol. The van der Waals surface area contributed by atoms with Gasteiger partial charge in [0.25, 0.3) is 0 Å². The first-order valence-electron chi connectivity index (χ1n) is 10.6. The summed E-state index contributed by atoms with van der Waals surface area (Å²) >= 11 is 0. The van der Waals surface area contributed by atoms with E-state index in [2.05, 4.69) is 10.2 Å². The van der Waals surface area contributed by atoms with Gasteiger partial charge in [0.05, 0.1) is 25.0 Å². The average molecular weight is 394 g/mol. The van der Waals surface area contributed by atoms with Crippen molar-refractivity contribution in [1.82, 2.24) is 10.2 Å². The Bertz CT molecular complexity index is 550. The number of rotatable bonds is 10. The van der Waals surface area contributed by atoms with Crippen LogP contribution in [0.2, 0.25) is 0 Å². The van der Waals surface area contributed by atoms with Crippen molar-refractivity contribution < 1.29 is 18.6 Å². The topological polar surface area (TPSA) is 68.5 Å². The Hall–Kier alpha value is -1.57. The number of furan rings is 1. The molecule has 0 spiro atoms. The minimum atomic E-state index is 0.267. The molecular formula is C21H35N3O4.